The highest BCUT2D eigenvalue weighted by Gasteiger charge is 2.26. The van der Waals surface area contributed by atoms with Crippen LogP contribution in [0.1, 0.15) is 20.8 Å². The van der Waals surface area contributed by atoms with Crippen LogP contribution in [0.5, 0.6) is 23.0 Å². The van der Waals surface area contributed by atoms with E-state index >= 15 is 0 Å². The van der Waals surface area contributed by atoms with Crippen molar-refractivity contribution in [1.82, 2.24) is 0 Å². The van der Waals surface area contributed by atoms with Gasteiger partial charge in [0.05, 0.1) is 32.5 Å². The Morgan fingerprint density at radius 1 is 1.00 bits per heavy atom. The molecule has 0 saturated heterocycles. The highest BCUT2D eigenvalue weighted by Crippen LogP contribution is 2.41. The first kappa shape index (κ1) is 26.2. The van der Waals surface area contributed by atoms with Crippen LogP contribution < -0.4 is 24.3 Å². The zero-order valence-corrected chi connectivity index (χ0v) is 20.4. The first-order valence-electron chi connectivity index (χ1n) is 9.98. The number of hydrogen-bond donors (Lipinski definition) is 1. The summed E-state index contributed by atoms with van der Waals surface area (Å²) in [6, 6.07) is 4.66. The number of ketones is 1. The molecule has 0 aliphatic heterocycles. The Labute approximate surface area is 202 Å². The first-order valence-corrected chi connectivity index (χ1v) is 10.7. The summed E-state index contributed by atoms with van der Waals surface area (Å²) in [4.78, 5) is 25.1. The molecule has 0 aromatic heterocycles. The molecule has 0 heterocycles. The summed E-state index contributed by atoms with van der Waals surface area (Å²) in [7, 11) is 2.88. The Kier molecular flexibility index (Phi) is 9.74. The molecule has 0 radical (unpaired) electrons. The number of azo groups is 1. The molecule has 178 valence electrons. The van der Waals surface area contributed by atoms with Crippen LogP contribution >= 0.6 is 23.2 Å². The number of benzene rings is 2. The summed E-state index contributed by atoms with van der Waals surface area (Å²) in [5.41, 5.74) is 0.384. The van der Waals surface area contributed by atoms with Crippen molar-refractivity contribution >= 4 is 46.3 Å². The third-order valence-electron chi connectivity index (χ3n) is 4.23. The van der Waals surface area contributed by atoms with E-state index in [1.807, 2.05) is 6.92 Å². The standard InChI is InChI=1S/C22H25Cl2N3O6/c1-6-32-18-9-13(23)8-16(21(18)33-7-2)26-27-19(12(3)28)22(29)25-20-15(24)10-14(30-4)11-17(20)31-5/h8-11,19H,6-7H2,1-5H3,(H,25,29). The molecule has 1 N–H and O–H groups in total. The SMILES string of the molecule is CCOc1cc(Cl)cc(N=NC(C(C)=O)C(=O)Nc2c(Cl)cc(OC)cc2OC)c1OCC. The topological polar surface area (TPSA) is 108 Å². The average molecular weight is 498 g/mol. The lowest BCUT2D eigenvalue weighted by Crippen LogP contribution is -2.32. The van der Waals surface area contributed by atoms with Gasteiger partial charge in [0.25, 0.3) is 5.91 Å². The number of Topliss-reactive ketones (excluding diaryl/α,β-unsaturated/α-hetero) is 1. The summed E-state index contributed by atoms with van der Waals surface area (Å²) < 4.78 is 21.6. The van der Waals surface area contributed by atoms with Gasteiger partial charge in [-0.1, -0.05) is 23.2 Å². The van der Waals surface area contributed by atoms with E-state index in [4.69, 9.17) is 42.1 Å². The fourth-order valence-corrected chi connectivity index (χ4v) is 3.22. The molecule has 1 amide bonds. The van der Waals surface area contributed by atoms with Gasteiger partial charge in [-0.25, -0.2) is 0 Å². The van der Waals surface area contributed by atoms with Crippen LogP contribution in [0.2, 0.25) is 10.0 Å². The largest absolute Gasteiger partial charge is 0.497 e. The summed E-state index contributed by atoms with van der Waals surface area (Å²) in [6.45, 7) is 5.54. The van der Waals surface area contributed by atoms with Gasteiger partial charge in [-0.15, -0.1) is 0 Å². The maximum absolute atomic E-state index is 12.9. The molecular formula is C22H25Cl2N3O6. The maximum atomic E-state index is 12.9. The van der Waals surface area contributed by atoms with Gasteiger partial charge in [0.1, 0.15) is 22.9 Å². The number of halogens is 2. The Morgan fingerprint density at radius 3 is 2.27 bits per heavy atom. The van der Waals surface area contributed by atoms with Crippen LogP contribution in [-0.2, 0) is 9.59 Å². The van der Waals surface area contributed by atoms with Crippen LogP contribution in [0, 0.1) is 0 Å². The minimum atomic E-state index is -1.46. The minimum absolute atomic E-state index is 0.161. The molecule has 2 rings (SSSR count). The van der Waals surface area contributed by atoms with Gasteiger partial charge in [-0.2, -0.15) is 10.2 Å². The van der Waals surface area contributed by atoms with E-state index < -0.39 is 17.7 Å². The summed E-state index contributed by atoms with van der Waals surface area (Å²) >= 11 is 12.4. The first-order chi connectivity index (χ1) is 15.7. The van der Waals surface area contributed by atoms with E-state index in [1.54, 1.807) is 19.1 Å². The lowest BCUT2D eigenvalue weighted by atomic mass is 10.2. The van der Waals surface area contributed by atoms with Crippen LogP contribution in [0.4, 0.5) is 11.4 Å². The quantitative estimate of drug-likeness (QED) is 0.324. The van der Waals surface area contributed by atoms with Crippen molar-refractivity contribution in [3.05, 3.63) is 34.3 Å². The van der Waals surface area contributed by atoms with E-state index in [0.717, 1.165) is 0 Å². The normalized spacial score (nSPS) is 11.7. The van der Waals surface area contributed by atoms with Crippen molar-refractivity contribution in [2.75, 3.05) is 32.8 Å². The summed E-state index contributed by atoms with van der Waals surface area (Å²) in [6.07, 6.45) is 0. The van der Waals surface area contributed by atoms with Crippen LogP contribution in [0.25, 0.3) is 0 Å². The summed E-state index contributed by atoms with van der Waals surface area (Å²) in [5, 5.41) is 11.1. The molecule has 0 fully saturated rings. The number of rotatable bonds is 11. The van der Waals surface area contributed by atoms with Gasteiger partial charge in [0, 0.05) is 23.2 Å². The van der Waals surface area contributed by atoms with Crippen molar-refractivity contribution in [2.45, 2.75) is 26.8 Å². The Balaban J connectivity index is 2.39. The van der Waals surface area contributed by atoms with Crippen LogP contribution in [0.3, 0.4) is 0 Å². The van der Waals surface area contributed by atoms with E-state index in [-0.39, 0.29) is 22.1 Å². The second-order valence-electron chi connectivity index (χ2n) is 6.52. The third kappa shape index (κ3) is 6.72. The van der Waals surface area contributed by atoms with Crippen molar-refractivity contribution in [3.63, 3.8) is 0 Å². The molecule has 0 bridgehead atoms. The van der Waals surface area contributed by atoms with E-state index in [0.29, 0.717) is 35.5 Å². The van der Waals surface area contributed by atoms with Gasteiger partial charge in [-0.05, 0) is 26.8 Å². The molecule has 33 heavy (non-hydrogen) atoms. The number of anilines is 1. The lowest BCUT2D eigenvalue weighted by molar-refractivity contribution is -0.126. The molecule has 2 aromatic rings. The molecule has 0 saturated carbocycles. The molecule has 2 aromatic carbocycles. The number of carbonyl (C=O) groups excluding carboxylic acids is 2. The third-order valence-corrected chi connectivity index (χ3v) is 4.75. The molecule has 11 heteroatoms. The molecule has 1 atom stereocenters. The Morgan fingerprint density at radius 2 is 1.70 bits per heavy atom. The fourth-order valence-electron chi connectivity index (χ4n) is 2.77. The zero-order chi connectivity index (χ0) is 24.5. The highest BCUT2D eigenvalue weighted by atomic mass is 35.5. The average Bonchev–Trinajstić information content (AvgIpc) is 2.77. The molecule has 9 nitrogen and oxygen atoms in total. The van der Waals surface area contributed by atoms with Gasteiger partial charge in [0.15, 0.2) is 17.3 Å². The number of carbonyl (C=O) groups is 2. The van der Waals surface area contributed by atoms with E-state index in [1.165, 1.54) is 33.3 Å². The van der Waals surface area contributed by atoms with Gasteiger partial charge in [0.2, 0.25) is 6.04 Å². The lowest BCUT2D eigenvalue weighted by Gasteiger charge is -2.16. The predicted octanol–water partition coefficient (Wildman–Crippen LogP) is 5.49. The molecule has 0 aliphatic rings. The number of methoxy groups -OCH3 is 2. The van der Waals surface area contributed by atoms with Crippen LogP contribution in [-0.4, -0.2) is 45.2 Å². The van der Waals surface area contributed by atoms with Crippen LogP contribution in [0.15, 0.2) is 34.5 Å². The maximum Gasteiger partial charge on any atom is 0.258 e. The predicted molar refractivity (Wildman–Crippen MR) is 126 cm³/mol. The zero-order valence-electron chi connectivity index (χ0n) is 18.9. The van der Waals surface area contributed by atoms with Crippen molar-refractivity contribution in [3.8, 4) is 23.0 Å². The second kappa shape index (κ2) is 12.3. The van der Waals surface area contributed by atoms with Crippen molar-refractivity contribution in [1.29, 1.82) is 0 Å². The van der Waals surface area contributed by atoms with Gasteiger partial charge >= 0.3 is 0 Å². The number of nitrogens with zero attached hydrogens (tertiary/aromatic N) is 2. The monoisotopic (exact) mass is 497 g/mol. The number of nitrogens with one attached hydrogen (secondary N) is 1. The molecule has 1 unspecified atom stereocenters. The number of ether oxygens (including phenoxy) is 4. The number of amides is 1. The number of hydrogen-bond acceptors (Lipinski definition) is 8. The van der Waals surface area contributed by atoms with E-state index in [2.05, 4.69) is 15.5 Å². The highest BCUT2D eigenvalue weighted by molar-refractivity contribution is 6.34. The minimum Gasteiger partial charge on any atom is -0.497 e. The Hall–Kier alpha value is -3.04. The van der Waals surface area contributed by atoms with E-state index in [9.17, 15) is 9.59 Å². The fraction of sp³-hybridized carbons (Fsp3) is 0.364. The second-order valence-corrected chi connectivity index (χ2v) is 7.37. The Bertz CT molecular complexity index is 1050. The van der Waals surface area contributed by atoms with Gasteiger partial charge in [-0.3, -0.25) is 9.59 Å². The molecule has 0 aliphatic carbocycles. The smallest absolute Gasteiger partial charge is 0.258 e. The van der Waals surface area contributed by atoms with Crippen molar-refractivity contribution < 1.29 is 28.5 Å². The molecular weight excluding hydrogens is 473 g/mol. The van der Waals surface area contributed by atoms with Gasteiger partial charge < -0.3 is 24.3 Å². The summed E-state index contributed by atoms with van der Waals surface area (Å²) in [5.74, 6) is 0.0786. The molecule has 0 spiro atoms. The van der Waals surface area contributed by atoms with Crippen molar-refractivity contribution in [2.24, 2.45) is 10.2 Å².